The molecular formula is C11H21N3O4. The maximum atomic E-state index is 11.9. The molecule has 0 unspecified atom stereocenters. The molecule has 3 N–H and O–H groups in total. The topological polar surface area (TPSA) is 106 Å². The van der Waals surface area contributed by atoms with Crippen LogP contribution in [0.5, 0.6) is 0 Å². The largest absolute Gasteiger partial charge is 0.444 e. The van der Waals surface area contributed by atoms with E-state index in [0.29, 0.717) is 5.06 Å². The van der Waals surface area contributed by atoms with Gasteiger partial charge in [0.2, 0.25) is 0 Å². The third-order valence-corrected chi connectivity index (χ3v) is 1.95. The van der Waals surface area contributed by atoms with E-state index in [0.717, 1.165) is 6.92 Å². The molecule has 0 spiro atoms. The van der Waals surface area contributed by atoms with Gasteiger partial charge in [0.25, 0.3) is 0 Å². The monoisotopic (exact) mass is 259 g/mol. The number of ether oxygens (including phenoxy) is 1. The van der Waals surface area contributed by atoms with Gasteiger partial charge in [-0.1, -0.05) is 0 Å². The minimum absolute atomic E-state index is 0.324. The zero-order chi connectivity index (χ0) is 14.7. The molecule has 0 aliphatic heterocycles. The molecule has 0 heterocycles. The smallest absolute Gasteiger partial charge is 0.442 e. The van der Waals surface area contributed by atoms with Gasteiger partial charge in [-0.25, -0.2) is 4.79 Å². The summed E-state index contributed by atoms with van der Waals surface area (Å²) in [7, 11) is 0. The SMILES string of the molecule is CC(=O)ON(C(=O)OC(C)(C)C)C(C)(C)C(=N)N. The highest BCUT2D eigenvalue weighted by Gasteiger charge is 2.39. The fraction of sp³-hybridized carbons (Fsp3) is 0.727. The number of amidine groups is 1. The van der Waals surface area contributed by atoms with Gasteiger partial charge in [0.05, 0.1) is 0 Å². The first-order valence-corrected chi connectivity index (χ1v) is 5.44. The zero-order valence-corrected chi connectivity index (χ0v) is 11.7. The van der Waals surface area contributed by atoms with Crippen LogP contribution in [0.25, 0.3) is 0 Å². The van der Waals surface area contributed by atoms with Gasteiger partial charge in [0.1, 0.15) is 17.0 Å². The summed E-state index contributed by atoms with van der Waals surface area (Å²) in [5.74, 6) is -1.02. The van der Waals surface area contributed by atoms with E-state index in [9.17, 15) is 9.59 Å². The van der Waals surface area contributed by atoms with Crippen molar-refractivity contribution in [3.8, 4) is 0 Å². The molecule has 0 atom stereocenters. The lowest BCUT2D eigenvalue weighted by Crippen LogP contribution is -2.56. The predicted octanol–water partition coefficient (Wildman–Crippen LogP) is 1.42. The number of nitrogens with one attached hydrogen (secondary N) is 1. The zero-order valence-electron chi connectivity index (χ0n) is 11.7. The summed E-state index contributed by atoms with van der Waals surface area (Å²) in [6.07, 6.45) is -0.877. The maximum Gasteiger partial charge on any atom is 0.444 e. The minimum atomic E-state index is -1.28. The molecule has 18 heavy (non-hydrogen) atoms. The van der Waals surface area contributed by atoms with Crippen LogP contribution in [0, 0.1) is 5.41 Å². The van der Waals surface area contributed by atoms with Crippen molar-refractivity contribution < 1.29 is 19.2 Å². The Balaban J connectivity index is 5.18. The molecule has 7 nitrogen and oxygen atoms in total. The summed E-state index contributed by atoms with van der Waals surface area (Å²) in [4.78, 5) is 27.7. The van der Waals surface area contributed by atoms with Gasteiger partial charge in [-0.2, -0.15) is 0 Å². The van der Waals surface area contributed by atoms with Crippen molar-refractivity contribution in [2.24, 2.45) is 5.73 Å². The van der Waals surface area contributed by atoms with Crippen LogP contribution in [0.15, 0.2) is 0 Å². The van der Waals surface area contributed by atoms with Gasteiger partial charge in [0, 0.05) is 6.92 Å². The minimum Gasteiger partial charge on any atom is -0.442 e. The molecule has 1 amide bonds. The highest BCUT2D eigenvalue weighted by Crippen LogP contribution is 2.19. The van der Waals surface area contributed by atoms with Crippen LogP contribution in [0.1, 0.15) is 41.5 Å². The van der Waals surface area contributed by atoms with Crippen molar-refractivity contribution in [3.63, 3.8) is 0 Å². The fourth-order valence-electron chi connectivity index (χ4n) is 0.921. The van der Waals surface area contributed by atoms with Crippen LogP contribution in [0.2, 0.25) is 0 Å². The first-order valence-electron chi connectivity index (χ1n) is 5.44. The van der Waals surface area contributed by atoms with Crippen molar-refractivity contribution in [2.45, 2.75) is 52.7 Å². The molecule has 104 valence electrons. The van der Waals surface area contributed by atoms with E-state index < -0.39 is 23.2 Å². The van der Waals surface area contributed by atoms with E-state index in [1.165, 1.54) is 13.8 Å². The molecule has 0 aliphatic rings. The van der Waals surface area contributed by atoms with E-state index >= 15 is 0 Å². The Kier molecular flexibility index (Phi) is 4.72. The molecule has 0 aromatic heterocycles. The van der Waals surface area contributed by atoms with Crippen molar-refractivity contribution in [1.82, 2.24) is 5.06 Å². The van der Waals surface area contributed by atoms with E-state index in [4.69, 9.17) is 20.7 Å². The summed E-state index contributed by atoms with van der Waals surface area (Å²) < 4.78 is 5.09. The molecule has 0 aromatic carbocycles. The number of carbonyl (C=O) groups is 2. The highest BCUT2D eigenvalue weighted by molar-refractivity contribution is 5.90. The van der Waals surface area contributed by atoms with Gasteiger partial charge < -0.3 is 15.3 Å². The number of rotatable bonds is 2. The molecule has 0 rings (SSSR count). The van der Waals surface area contributed by atoms with Crippen LogP contribution in [-0.4, -0.2) is 34.1 Å². The van der Waals surface area contributed by atoms with E-state index in [1.807, 2.05) is 0 Å². The van der Waals surface area contributed by atoms with Crippen molar-refractivity contribution in [2.75, 3.05) is 0 Å². The molecule has 0 radical (unpaired) electrons. The molecule has 7 heteroatoms. The summed E-state index contributed by atoms with van der Waals surface area (Å²) in [6.45, 7) is 9.13. The predicted molar refractivity (Wildman–Crippen MR) is 65.8 cm³/mol. The molecule has 0 fully saturated rings. The van der Waals surface area contributed by atoms with Gasteiger partial charge in [0.15, 0.2) is 0 Å². The van der Waals surface area contributed by atoms with Crippen LogP contribution in [0.4, 0.5) is 4.79 Å². The number of hydrogen-bond acceptors (Lipinski definition) is 5. The average molecular weight is 259 g/mol. The first-order chi connectivity index (χ1) is 7.88. The Morgan fingerprint density at radius 1 is 1.17 bits per heavy atom. The van der Waals surface area contributed by atoms with Crippen molar-refractivity contribution in [1.29, 1.82) is 5.41 Å². The van der Waals surface area contributed by atoms with E-state index in [-0.39, 0.29) is 5.84 Å². The molecule has 0 aromatic rings. The number of hydroxylamine groups is 2. The molecule has 0 bridgehead atoms. The third kappa shape index (κ3) is 4.60. The van der Waals surface area contributed by atoms with Gasteiger partial charge >= 0.3 is 12.1 Å². The summed E-state index contributed by atoms with van der Waals surface area (Å²) in [5.41, 5.74) is 3.36. The Morgan fingerprint density at radius 3 is 1.89 bits per heavy atom. The van der Waals surface area contributed by atoms with Gasteiger partial charge in [-0.15, -0.1) is 5.06 Å². The van der Waals surface area contributed by atoms with Gasteiger partial charge in [-0.3, -0.25) is 10.2 Å². The molecular weight excluding hydrogens is 238 g/mol. The second kappa shape index (κ2) is 5.24. The molecule has 0 aliphatic carbocycles. The lowest BCUT2D eigenvalue weighted by Gasteiger charge is -2.35. The van der Waals surface area contributed by atoms with Crippen LogP contribution in [0.3, 0.4) is 0 Å². The van der Waals surface area contributed by atoms with Crippen LogP contribution < -0.4 is 5.73 Å². The average Bonchev–Trinajstić information content (AvgIpc) is 2.10. The number of hydrogen-bond donors (Lipinski definition) is 2. The number of carbonyl (C=O) groups excluding carboxylic acids is 2. The lowest BCUT2D eigenvalue weighted by molar-refractivity contribution is -0.195. The lowest BCUT2D eigenvalue weighted by atomic mass is 10.0. The standard InChI is InChI=1S/C11H21N3O4/c1-7(15)18-14(11(5,6)8(12)13)9(16)17-10(2,3)4/h1-6H3,(H3,12,13). The Labute approximate surface area is 107 Å². The van der Waals surface area contributed by atoms with Crippen LogP contribution in [-0.2, 0) is 14.4 Å². The first kappa shape index (κ1) is 16.2. The molecule has 0 saturated heterocycles. The normalized spacial score (nSPS) is 11.7. The second-order valence-corrected chi connectivity index (χ2v) is 5.33. The van der Waals surface area contributed by atoms with Crippen molar-refractivity contribution >= 4 is 17.9 Å². The maximum absolute atomic E-state index is 11.9. The Bertz CT molecular complexity index is 358. The summed E-state index contributed by atoms with van der Waals surface area (Å²) in [5, 5.41) is 8.10. The van der Waals surface area contributed by atoms with E-state index in [2.05, 4.69) is 0 Å². The Morgan fingerprint density at radius 2 is 1.61 bits per heavy atom. The number of nitrogens with two attached hydrogens (primary N) is 1. The molecule has 0 saturated carbocycles. The third-order valence-electron chi connectivity index (χ3n) is 1.95. The van der Waals surface area contributed by atoms with Gasteiger partial charge in [-0.05, 0) is 34.6 Å². The quantitative estimate of drug-likeness (QED) is 0.443. The second-order valence-electron chi connectivity index (χ2n) is 5.33. The summed E-state index contributed by atoms with van der Waals surface area (Å²) >= 11 is 0. The number of nitrogens with zero attached hydrogens (tertiary/aromatic N) is 1. The Hall–Kier alpha value is -1.79. The van der Waals surface area contributed by atoms with E-state index in [1.54, 1.807) is 20.8 Å². The number of amides is 1. The summed E-state index contributed by atoms with van der Waals surface area (Å²) in [6, 6.07) is 0. The highest BCUT2D eigenvalue weighted by atomic mass is 16.8. The van der Waals surface area contributed by atoms with Crippen LogP contribution >= 0.6 is 0 Å². The van der Waals surface area contributed by atoms with Crippen molar-refractivity contribution in [3.05, 3.63) is 0 Å². The fourth-order valence-corrected chi connectivity index (χ4v) is 0.921.